The van der Waals surface area contributed by atoms with Gasteiger partial charge < -0.3 is 14.2 Å². The predicted molar refractivity (Wildman–Crippen MR) is 71.8 cm³/mol. The molecule has 0 saturated heterocycles. The lowest BCUT2D eigenvalue weighted by Gasteiger charge is -2.31. The maximum Gasteiger partial charge on any atom is 0.379 e. The quantitative estimate of drug-likeness (QED) is 0.509. The molecule has 21 heavy (non-hydrogen) atoms. The van der Waals surface area contributed by atoms with Gasteiger partial charge in [-0.15, -0.1) is 0 Å². The number of carbonyl (C=O) groups excluding carboxylic acids is 2. The molecule has 0 aliphatic heterocycles. The molecule has 0 amide bonds. The normalized spacial score (nSPS) is 15.2. The molecule has 0 aliphatic carbocycles. The second kappa shape index (κ2) is 7.15. The Hall–Kier alpha value is -1.24. The van der Waals surface area contributed by atoms with Gasteiger partial charge in [0.2, 0.25) is 0 Å². The van der Waals surface area contributed by atoms with E-state index in [9.17, 15) is 18.4 Å². The van der Waals surface area contributed by atoms with E-state index in [4.69, 9.17) is 14.2 Å². The average molecular weight is 310 g/mol. The van der Waals surface area contributed by atoms with Crippen molar-refractivity contribution in [3.05, 3.63) is 0 Å². The van der Waals surface area contributed by atoms with Crippen LogP contribution in [-0.2, 0) is 23.8 Å². The Morgan fingerprint density at radius 1 is 1.00 bits per heavy atom. The van der Waals surface area contributed by atoms with Crippen molar-refractivity contribution in [1.82, 2.24) is 0 Å². The maximum atomic E-state index is 12.9. The number of halogens is 2. The fourth-order valence-electron chi connectivity index (χ4n) is 1.12. The van der Waals surface area contributed by atoms with E-state index in [1.807, 2.05) is 0 Å². The molecule has 0 aromatic heterocycles. The summed E-state index contributed by atoms with van der Waals surface area (Å²) in [5.41, 5.74) is -0.869. The van der Waals surface area contributed by atoms with Crippen molar-refractivity contribution in [2.75, 3.05) is 13.2 Å². The molecule has 0 saturated carbocycles. The first kappa shape index (κ1) is 19.8. The third kappa shape index (κ3) is 6.37. The zero-order chi connectivity index (χ0) is 16.9. The van der Waals surface area contributed by atoms with Crippen LogP contribution < -0.4 is 0 Å². The number of carbonyl (C=O) groups is 2. The van der Waals surface area contributed by atoms with Crippen molar-refractivity contribution >= 4 is 11.9 Å². The fourth-order valence-corrected chi connectivity index (χ4v) is 1.12. The number of rotatable bonds is 8. The van der Waals surface area contributed by atoms with E-state index in [0.717, 1.165) is 6.92 Å². The molecule has 1 atom stereocenters. The van der Waals surface area contributed by atoms with E-state index in [-0.39, 0.29) is 6.61 Å². The molecule has 0 N–H and O–H groups in total. The van der Waals surface area contributed by atoms with Gasteiger partial charge in [0.05, 0.1) is 12.0 Å². The minimum Gasteiger partial charge on any atom is -0.461 e. The monoisotopic (exact) mass is 310 g/mol. The van der Waals surface area contributed by atoms with Gasteiger partial charge in [0.15, 0.2) is 0 Å². The number of esters is 2. The van der Waals surface area contributed by atoms with Crippen LogP contribution in [0.15, 0.2) is 0 Å². The van der Waals surface area contributed by atoms with Crippen molar-refractivity contribution in [1.29, 1.82) is 0 Å². The molecule has 0 bridgehead atoms. The summed E-state index contributed by atoms with van der Waals surface area (Å²) in [7, 11) is 0. The summed E-state index contributed by atoms with van der Waals surface area (Å²) in [6, 6.07) is 0. The lowest BCUT2D eigenvalue weighted by atomic mass is 9.90. The molecular formula is C14H24F2O5. The predicted octanol–water partition coefficient (Wildman–Crippen LogP) is 2.92. The first-order chi connectivity index (χ1) is 9.38. The van der Waals surface area contributed by atoms with Crippen LogP contribution in [0.2, 0.25) is 0 Å². The van der Waals surface area contributed by atoms with E-state index in [0.29, 0.717) is 13.3 Å². The fraction of sp³-hybridized carbons (Fsp3) is 0.857. The SMILES string of the molecule is CCOC(=O)C(C)(OCC(C)(F)F)OC(=O)C(C)(C)CC. The lowest BCUT2D eigenvalue weighted by Crippen LogP contribution is -2.48. The second-order valence-corrected chi connectivity index (χ2v) is 5.65. The van der Waals surface area contributed by atoms with Gasteiger partial charge in [0.1, 0.15) is 6.61 Å². The Kier molecular flexibility index (Phi) is 6.73. The van der Waals surface area contributed by atoms with E-state index < -0.39 is 35.7 Å². The van der Waals surface area contributed by atoms with Crippen molar-refractivity contribution in [3.63, 3.8) is 0 Å². The number of hydrogen-bond donors (Lipinski definition) is 0. The van der Waals surface area contributed by atoms with Crippen LogP contribution >= 0.6 is 0 Å². The van der Waals surface area contributed by atoms with Gasteiger partial charge in [-0.2, -0.15) is 0 Å². The highest BCUT2D eigenvalue weighted by Gasteiger charge is 2.45. The first-order valence-corrected chi connectivity index (χ1v) is 6.80. The van der Waals surface area contributed by atoms with E-state index in [1.165, 1.54) is 0 Å². The minimum atomic E-state index is -3.17. The third-order valence-corrected chi connectivity index (χ3v) is 2.97. The first-order valence-electron chi connectivity index (χ1n) is 6.80. The van der Waals surface area contributed by atoms with Gasteiger partial charge in [-0.25, -0.2) is 13.6 Å². The van der Waals surface area contributed by atoms with Crippen LogP contribution in [0.3, 0.4) is 0 Å². The van der Waals surface area contributed by atoms with Crippen LogP contribution in [-0.4, -0.2) is 36.9 Å². The summed E-state index contributed by atoms with van der Waals surface area (Å²) >= 11 is 0. The molecule has 0 aromatic rings. The molecular weight excluding hydrogens is 286 g/mol. The van der Waals surface area contributed by atoms with Gasteiger partial charge in [0, 0.05) is 13.8 Å². The van der Waals surface area contributed by atoms with E-state index in [2.05, 4.69) is 0 Å². The van der Waals surface area contributed by atoms with Crippen molar-refractivity contribution in [3.8, 4) is 0 Å². The molecule has 0 fully saturated rings. The van der Waals surface area contributed by atoms with Crippen molar-refractivity contribution in [2.24, 2.45) is 5.41 Å². The third-order valence-electron chi connectivity index (χ3n) is 2.97. The summed E-state index contributed by atoms with van der Waals surface area (Å²) in [4.78, 5) is 23.9. The number of ether oxygens (including phenoxy) is 3. The minimum absolute atomic E-state index is 0.00895. The van der Waals surface area contributed by atoms with Crippen LogP contribution in [0, 0.1) is 5.41 Å². The molecule has 0 aliphatic rings. The second-order valence-electron chi connectivity index (χ2n) is 5.65. The van der Waals surface area contributed by atoms with E-state index in [1.54, 1.807) is 27.7 Å². The van der Waals surface area contributed by atoms with Gasteiger partial charge >= 0.3 is 17.7 Å². The van der Waals surface area contributed by atoms with Crippen molar-refractivity contribution in [2.45, 2.75) is 59.7 Å². The van der Waals surface area contributed by atoms with E-state index >= 15 is 0 Å². The Balaban J connectivity index is 5.14. The molecule has 0 radical (unpaired) electrons. The van der Waals surface area contributed by atoms with Crippen LogP contribution in [0.5, 0.6) is 0 Å². The zero-order valence-electron chi connectivity index (χ0n) is 13.4. The molecule has 0 rings (SSSR count). The van der Waals surface area contributed by atoms with Crippen molar-refractivity contribution < 1.29 is 32.6 Å². The van der Waals surface area contributed by atoms with Gasteiger partial charge in [0.25, 0.3) is 5.92 Å². The Bertz CT molecular complexity index is 376. The summed E-state index contributed by atoms with van der Waals surface area (Å²) in [5, 5.41) is 0. The average Bonchev–Trinajstić information content (AvgIpc) is 2.35. The number of hydrogen-bond acceptors (Lipinski definition) is 5. The summed E-state index contributed by atoms with van der Waals surface area (Å²) in [5.74, 6) is -7.10. The maximum absolute atomic E-state index is 12.9. The van der Waals surface area contributed by atoms with Crippen LogP contribution in [0.1, 0.15) is 48.0 Å². The molecule has 0 spiro atoms. The summed E-state index contributed by atoms with van der Waals surface area (Å²) in [6.45, 7) is 7.23. The Morgan fingerprint density at radius 2 is 1.52 bits per heavy atom. The van der Waals surface area contributed by atoms with Gasteiger partial charge in [-0.05, 0) is 27.2 Å². The lowest BCUT2D eigenvalue weighted by molar-refractivity contribution is -0.255. The highest BCUT2D eigenvalue weighted by Crippen LogP contribution is 2.27. The van der Waals surface area contributed by atoms with Gasteiger partial charge in [-0.3, -0.25) is 4.79 Å². The Morgan fingerprint density at radius 3 is 1.90 bits per heavy atom. The largest absolute Gasteiger partial charge is 0.461 e. The summed E-state index contributed by atoms with van der Waals surface area (Å²) < 4.78 is 40.5. The molecule has 124 valence electrons. The summed E-state index contributed by atoms with van der Waals surface area (Å²) in [6.07, 6.45) is 0.453. The van der Waals surface area contributed by atoms with Gasteiger partial charge in [-0.1, -0.05) is 6.92 Å². The van der Waals surface area contributed by atoms with Crippen LogP contribution in [0.4, 0.5) is 8.78 Å². The highest BCUT2D eigenvalue weighted by molar-refractivity contribution is 5.83. The molecule has 1 unspecified atom stereocenters. The standard InChI is InChI=1S/C14H24F2O5/c1-7-12(3,4)10(17)21-14(6,11(18)19-8-2)20-9-13(5,15)16/h7-9H2,1-6H3. The zero-order valence-corrected chi connectivity index (χ0v) is 13.4. The highest BCUT2D eigenvalue weighted by atomic mass is 19.3. The molecule has 7 heteroatoms. The smallest absolute Gasteiger partial charge is 0.379 e. The van der Waals surface area contributed by atoms with Crippen LogP contribution in [0.25, 0.3) is 0 Å². The molecule has 0 aromatic carbocycles. The number of alkyl halides is 2. The topological polar surface area (TPSA) is 61.8 Å². The molecule has 5 nitrogen and oxygen atoms in total. The molecule has 0 heterocycles. The Labute approximate surface area is 123 Å².